The second kappa shape index (κ2) is 7.48. The molecule has 0 aliphatic carbocycles. The number of carbonyl (C=O) groups excluding carboxylic acids is 1. The van der Waals surface area contributed by atoms with Crippen molar-refractivity contribution in [1.82, 2.24) is 25.1 Å². The van der Waals surface area contributed by atoms with Gasteiger partial charge in [-0.2, -0.15) is 5.10 Å². The van der Waals surface area contributed by atoms with Gasteiger partial charge in [0.15, 0.2) is 0 Å². The SMILES string of the molecule is C[C@@H](NC(=O)Cn1nc(-c2ccccc2)ccc1=O)c1nc2ccccc2[nH]1. The summed E-state index contributed by atoms with van der Waals surface area (Å²) in [4.78, 5) is 32.3. The van der Waals surface area contributed by atoms with E-state index in [9.17, 15) is 9.59 Å². The lowest BCUT2D eigenvalue weighted by atomic mass is 10.1. The maximum Gasteiger partial charge on any atom is 0.267 e. The molecule has 1 amide bonds. The zero-order chi connectivity index (χ0) is 19.5. The zero-order valence-corrected chi connectivity index (χ0v) is 15.3. The van der Waals surface area contributed by atoms with Crippen molar-refractivity contribution in [2.24, 2.45) is 0 Å². The van der Waals surface area contributed by atoms with Crippen molar-refractivity contribution in [2.45, 2.75) is 19.5 Å². The lowest BCUT2D eigenvalue weighted by molar-refractivity contribution is -0.122. The minimum atomic E-state index is -0.328. The Morgan fingerprint density at radius 2 is 1.82 bits per heavy atom. The molecular weight excluding hydrogens is 354 g/mol. The number of hydrogen-bond acceptors (Lipinski definition) is 4. The third kappa shape index (κ3) is 3.68. The molecule has 0 aliphatic rings. The van der Waals surface area contributed by atoms with Gasteiger partial charge in [0.05, 0.1) is 22.8 Å². The third-order valence-corrected chi connectivity index (χ3v) is 4.42. The minimum absolute atomic E-state index is 0.163. The molecule has 140 valence electrons. The van der Waals surface area contributed by atoms with E-state index < -0.39 is 0 Å². The fraction of sp³-hybridized carbons (Fsp3) is 0.143. The first kappa shape index (κ1) is 17.7. The number of aromatic nitrogens is 4. The van der Waals surface area contributed by atoms with Crippen LogP contribution in [0.3, 0.4) is 0 Å². The number of rotatable bonds is 5. The Labute approximate surface area is 161 Å². The molecule has 2 aromatic heterocycles. The van der Waals surface area contributed by atoms with Crippen LogP contribution in [0.25, 0.3) is 22.3 Å². The first-order chi connectivity index (χ1) is 13.6. The number of nitrogens with one attached hydrogen (secondary N) is 2. The molecule has 0 bridgehead atoms. The second-order valence-electron chi connectivity index (χ2n) is 6.51. The van der Waals surface area contributed by atoms with E-state index in [2.05, 4.69) is 20.4 Å². The van der Waals surface area contributed by atoms with E-state index in [4.69, 9.17) is 0 Å². The van der Waals surface area contributed by atoms with E-state index in [1.165, 1.54) is 10.7 Å². The summed E-state index contributed by atoms with van der Waals surface area (Å²) in [6, 6.07) is 19.9. The molecule has 0 spiro atoms. The van der Waals surface area contributed by atoms with Gasteiger partial charge >= 0.3 is 0 Å². The molecule has 7 nitrogen and oxygen atoms in total. The van der Waals surface area contributed by atoms with E-state index in [1.54, 1.807) is 6.07 Å². The fourth-order valence-corrected chi connectivity index (χ4v) is 2.99. The lowest BCUT2D eigenvalue weighted by Crippen LogP contribution is -2.35. The van der Waals surface area contributed by atoms with Crippen molar-refractivity contribution >= 4 is 16.9 Å². The molecule has 0 saturated heterocycles. The van der Waals surface area contributed by atoms with E-state index in [1.807, 2.05) is 61.5 Å². The van der Waals surface area contributed by atoms with Crippen LogP contribution in [0.1, 0.15) is 18.8 Å². The van der Waals surface area contributed by atoms with Crippen LogP contribution in [0.4, 0.5) is 0 Å². The molecule has 2 N–H and O–H groups in total. The highest BCUT2D eigenvalue weighted by molar-refractivity contribution is 5.77. The number of fused-ring (bicyclic) bond motifs is 1. The zero-order valence-electron chi connectivity index (χ0n) is 15.3. The first-order valence-corrected chi connectivity index (χ1v) is 8.98. The number of aromatic amines is 1. The molecule has 0 radical (unpaired) electrons. The van der Waals surface area contributed by atoms with Crippen molar-refractivity contribution in [1.29, 1.82) is 0 Å². The summed E-state index contributed by atoms with van der Waals surface area (Å²) in [5.41, 5.74) is 2.94. The second-order valence-corrected chi connectivity index (χ2v) is 6.51. The van der Waals surface area contributed by atoms with Crippen LogP contribution in [0.2, 0.25) is 0 Å². The number of benzene rings is 2. The highest BCUT2D eigenvalue weighted by Gasteiger charge is 2.15. The quantitative estimate of drug-likeness (QED) is 0.562. The summed E-state index contributed by atoms with van der Waals surface area (Å²) in [6.45, 7) is 1.68. The Morgan fingerprint density at radius 3 is 2.61 bits per heavy atom. The average molecular weight is 373 g/mol. The molecular formula is C21H19N5O2. The number of H-pyrrole nitrogens is 1. The number of hydrogen-bond donors (Lipinski definition) is 2. The van der Waals surface area contributed by atoms with Crippen molar-refractivity contribution in [2.75, 3.05) is 0 Å². The van der Waals surface area contributed by atoms with Gasteiger partial charge in [-0.25, -0.2) is 9.67 Å². The summed E-state index contributed by atoms with van der Waals surface area (Å²) in [5.74, 6) is 0.348. The maximum atomic E-state index is 12.5. The van der Waals surface area contributed by atoms with Crippen molar-refractivity contribution in [3.05, 3.63) is 82.9 Å². The summed E-state index contributed by atoms with van der Waals surface area (Å²) in [6.07, 6.45) is 0. The van der Waals surface area contributed by atoms with Gasteiger partial charge in [-0.15, -0.1) is 0 Å². The lowest BCUT2D eigenvalue weighted by Gasteiger charge is -2.12. The molecule has 0 fully saturated rings. The van der Waals surface area contributed by atoms with Crippen LogP contribution in [0.5, 0.6) is 0 Å². The Bertz CT molecular complexity index is 1150. The van der Waals surface area contributed by atoms with Crippen LogP contribution in [-0.4, -0.2) is 25.7 Å². The van der Waals surface area contributed by atoms with E-state index >= 15 is 0 Å². The topological polar surface area (TPSA) is 92.7 Å². The standard InChI is InChI=1S/C21H19N5O2/c1-14(21-23-17-9-5-6-10-18(17)24-21)22-19(27)13-26-20(28)12-11-16(25-26)15-7-3-2-4-8-15/h2-12,14H,13H2,1H3,(H,22,27)(H,23,24)/t14-/m1/s1. The van der Waals surface area contributed by atoms with Crippen LogP contribution >= 0.6 is 0 Å². The Hall–Kier alpha value is -3.74. The number of nitrogens with zero attached hydrogens (tertiary/aromatic N) is 3. The van der Waals surface area contributed by atoms with E-state index in [0.717, 1.165) is 16.6 Å². The molecule has 0 saturated carbocycles. The molecule has 4 aromatic rings. The highest BCUT2D eigenvalue weighted by atomic mass is 16.2. The fourth-order valence-electron chi connectivity index (χ4n) is 2.99. The monoisotopic (exact) mass is 373 g/mol. The van der Waals surface area contributed by atoms with Gasteiger partial charge in [0.25, 0.3) is 5.56 Å². The largest absolute Gasteiger partial charge is 0.345 e. The van der Waals surface area contributed by atoms with E-state index in [0.29, 0.717) is 11.5 Å². The smallest absolute Gasteiger partial charge is 0.267 e. The summed E-state index contributed by atoms with van der Waals surface area (Å²) < 4.78 is 1.17. The van der Waals surface area contributed by atoms with Gasteiger partial charge < -0.3 is 10.3 Å². The molecule has 2 heterocycles. The van der Waals surface area contributed by atoms with Gasteiger partial charge in [-0.1, -0.05) is 42.5 Å². The Kier molecular flexibility index (Phi) is 4.72. The molecule has 2 aromatic carbocycles. The Balaban J connectivity index is 1.49. The van der Waals surface area contributed by atoms with Crippen LogP contribution in [-0.2, 0) is 11.3 Å². The van der Waals surface area contributed by atoms with Gasteiger partial charge in [0.1, 0.15) is 12.4 Å². The van der Waals surface area contributed by atoms with Crippen LogP contribution in [0, 0.1) is 0 Å². The van der Waals surface area contributed by atoms with Gasteiger partial charge in [-0.05, 0) is 25.1 Å². The average Bonchev–Trinajstić information content (AvgIpc) is 3.15. The van der Waals surface area contributed by atoms with E-state index in [-0.39, 0.29) is 24.1 Å². The number of carbonyl (C=O) groups is 1. The van der Waals surface area contributed by atoms with Crippen molar-refractivity contribution in [3.63, 3.8) is 0 Å². The molecule has 28 heavy (non-hydrogen) atoms. The summed E-state index contributed by atoms with van der Waals surface area (Å²) >= 11 is 0. The summed E-state index contributed by atoms with van der Waals surface area (Å²) in [5, 5.41) is 7.18. The first-order valence-electron chi connectivity index (χ1n) is 8.98. The predicted octanol–water partition coefficient (Wildman–Crippen LogP) is 2.66. The van der Waals surface area contributed by atoms with Gasteiger partial charge in [0.2, 0.25) is 5.91 Å². The predicted molar refractivity (Wildman–Crippen MR) is 107 cm³/mol. The molecule has 4 rings (SSSR count). The number of imidazole rings is 1. The Morgan fingerprint density at radius 1 is 1.07 bits per heavy atom. The van der Waals surface area contributed by atoms with Crippen molar-refractivity contribution in [3.8, 4) is 11.3 Å². The van der Waals surface area contributed by atoms with Gasteiger partial charge in [0, 0.05) is 11.6 Å². The molecule has 7 heteroatoms. The number of amides is 1. The van der Waals surface area contributed by atoms with Gasteiger partial charge in [-0.3, -0.25) is 9.59 Å². The van der Waals surface area contributed by atoms with Crippen LogP contribution < -0.4 is 10.9 Å². The highest BCUT2D eigenvalue weighted by Crippen LogP contribution is 2.16. The molecule has 1 atom stereocenters. The normalized spacial score (nSPS) is 12.0. The van der Waals surface area contributed by atoms with Crippen molar-refractivity contribution < 1.29 is 4.79 Å². The maximum absolute atomic E-state index is 12.5. The third-order valence-electron chi connectivity index (χ3n) is 4.42. The van der Waals surface area contributed by atoms with Crippen LogP contribution in [0.15, 0.2) is 71.5 Å². The molecule has 0 unspecified atom stereocenters. The number of para-hydroxylation sites is 2. The molecule has 0 aliphatic heterocycles. The minimum Gasteiger partial charge on any atom is -0.345 e. The summed E-state index contributed by atoms with van der Waals surface area (Å²) in [7, 11) is 0.